The van der Waals surface area contributed by atoms with Crippen molar-refractivity contribution in [2.45, 2.75) is 38.8 Å². The largest absolute Gasteiger partial charge is 0.508 e. The molecule has 0 fully saturated rings. The highest BCUT2D eigenvalue weighted by Gasteiger charge is 2.32. The highest BCUT2D eigenvalue weighted by molar-refractivity contribution is 5.72. The summed E-state index contributed by atoms with van der Waals surface area (Å²) in [4.78, 5) is 2.32. The van der Waals surface area contributed by atoms with E-state index in [1.165, 1.54) is 5.70 Å². The number of hydrogen-bond donors (Lipinski definition) is 2. The molecule has 2 aliphatic carbocycles. The molecule has 0 saturated heterocycles. The minimum atomic E-state index is -0.0466. The number of phenols is 1. The molecule has 126 valence electrons. The highest BCUT2D eigenvalue weighted by atomic mass is 16.5. The van der Waals surface area contributed by atoms with Gasteiger partial charge in [0.25, 0.3) is 0 Å². The van der Waals surface area contributed by atoms with E-state index in [-0.39, 0.29) is 12.1 Å². The van der Waals surface area contributed by atoms with Crippen LogP contribution in [0.5, 0.6) is 11.5 Å². The Bertz CT molecular complexity index is 744. The molecule has 0 amide bonds. The van der Waals surface area contributed by atoms with Crippen LogP contribution in [-0.4, -0.2) is 35.2 Å². The maximum Gasteiger partial charge on any atom is 0.147 e. The number of phenolic OH excluding ortho intramolecular Hbond substituents is 1. The van der Waals surface area contributed by atoms with Crippen molar-refractivity contribution in [3.63, 3.8) is 0 Å². The number of fused-ring (bicyclic) bond motifs is 4. The smallest absolute Gasteiger partial charge is 0.147 e. The summed E-state index contributed by atoms with van der Waals surface area (Å²) >= 11 is 0. The number of nitrogens with one attached hydrogen (secondary N) is 1. The Kier molecular flexibility index (Phi) is 3.75. The molecule has 0 spiro atoms. The van der Waals surface area contributed by atoms with Gasteiger partial charge in [0, 0.05) is 30.4 Å². The molecule has 1 aliphatic heterocycles. The van der Waals surface area contributed by atoms with Crippen LogP contribution in [0.15, 0.2) is 42.1 Å². The van der Waals surface area contributed by atoms with Gasteiger partial charge < -0.3 is 20.1 Å². The molecule has 24 heavy (non-hydrogen) atoms. The number of nitrogens with zero attached hydrogens (tertiary/aromatic N) is 1. The molecule has 3 aliphatic rings. The molecule has 4 nitrogen and oxygen atoms in total. The minimum Gasteiger partial charge on any atom is -0.508 e. The molecule has 4 heteroatoms. The van der Waals surface area contributed by atoms with Crippen LogP contribution >= 0.6 is 0 Å². The van der Waals surface area contributed by atoms with Gasteiger partial charge in [-0.05, 0) is 44.4 Å². The fourth-order valence-electron chi connectivity index (χ4n) is 3.83. The van der Waals surface area contributed by atoms with Crippen LogP contribution in [0.1, 0.15) is 25.0 Å². The predicted octanol–water partition coefficient (Wildman–Crippen LogP) is 3.38. The predicted molar refractivity (Wildman–Crippen MR) is 96.6 cm³/mol. The van der Waals surface area contributed by atoms with Crippen molar-refractivity contribution in [3.8, 4) is 11.5 Å². The topological polar surface area (TPSA) is 44.7 Å². The lowest BCUT2D eigenvalue weighted by Gasteiger charge is -2.37. The summed E-state index contributed by atoms with van der Waals surface area (Å²) in [6.07, 6.45) is 12.4. The Morgan fingerprint density at radius 2 is 1.96 bits per heavy atom. The van der Waals surface area contributed by atoms with E-state index in [4.69, 9.17) is 4.74 Å². The number of allylic oxidation sites excluding steroid dienone is 3. The van der Waals surface area contributed by atoms with Crippen molar-refractivity contribution in [1.29, 1.82) is 0 Å². The van der Waals surface area contributed by atoms with Gasteiger partial charge in [-0.2, -0.15) is 0 Å². The summed E-state index contributed by atoms with van der Waals surface area (Å²) in [5.74, 6) is 1.10. The normalized spacial score (nSPS) is 23.3. The molecule has 1 aromatic carbocycles. The zero-order chi connectivity index (χ0) is 16.7. The van der Waals surface area contributed by atoms with Gasteiger partial charge in [-0.15, -0.1) is 0 Å². The van der Waals surface area contributed by atoms with Crippen LogP contribution in [0.4, 0.5) is 5.69 Å². The van der Waals surface area contributed by atoms with E-state index < -0.39 is 0 Å². The zero-order valence-corrected chi connectivity index (χ0v) is 14.2. The molecular weight excluding hydrogens is 300 g/mol. The quantitative estimate of drug-likeness (QED) is 0.661. The summed E-state index contributed by atoms with van der Waals surface area (Å²) in [7, 11) is 0. The fraction of sp³-hybridized carbons (Fsp3) is 0.400. The van der Waals surface area contributed by atoms with Crippen LogP contribution in [-0.2, 0) is 12.8 Å². The van der Waals surface area contributed by atoms with Crippen molar-refractivity contribution in [2.24, 2.45) is 0 Å². The maximum atomic E-state index is 10.3. The molecule has 0 bridgehead atoms. The summed E-state index contributed by atoms with van der Waals surface area (Å²) in [5, 5.41) is 14.0. The average Bonchev–Trinajstić information content (AvgIpc) is 2.62. The first-order valence-corrected chi connectivity index (χ1v) is 8.82. The second-order valence-electron chi connectivity index (χ2n) is 6.48. The van der Waals surface area contributed by atoms with Crippen molar-refractivity contribution in [3.05, 3.63) is 53.3 Å². The Morgan fingerprint density at radius 3 is 2.71 bits per heavy atom. The van der Waals surface area contributed by atoms with E-state index in [1.54, 1.807) is 6.07 Å². The molecule has 1 aromatic rings. The third kappa shape index (κ3) is 2.37. The summed E-state index contributed by atoms with van der Waals surface area (Å²) in [5.41, 5.74) is 4.43. The van der Waals surface area contributed by atoms with Gasteiger partial charge in [0.2, 0.25) is 0 Å². The SMILES string of the molecule is CCN(CC)C1=CC2Oc3cc(O)c4c(c3NC2C=C1)CC=CC4. The Morgan fingerprint density at radius 1 is 1.21 bits per heavy atom. The molecule has 1 heterocycles. The average molecular weight is 324 g/mol. The van der Waals surface area contributed by atoms with Gasteiger partial charge in [0.05, 0.1) is 11.7 Å². The van der Waals surface area contributed by atoms with Gasteiger partial charge in [-0.25, -0.2) is 0 Å². The number of hydrogen-bond acceptors (Lipinski definition) is 4. The number of aromatic hydroxyl groups is 1. The van der Waals surface area contributed by atoms with Gasteiger partial charge in [0.15, 0.2) is 0 Å². The third-order valence-electron chi connectivity index (χ3n) is 5.17. The Balaban J connectivity index is 1.69. The first kappa shape index (κ1) is 15.2. The molecule has 2 atom stereocenters. The van der Waals surface area contributed by atoms with Crippen LogP contribution in [0, 0.1) is 0 Å². The van der Waals surface area contributed by atoms with E-state index in [2.05, 4.69) is 54.4 Å². The zero-order valence-electron chi connectivity index (χ0n) is 14.2. The van der Waals surface area contributed by atoms with E-state index >= 15 is 0 Å². The first-order valence-electron chi connectivity index (χ1n) is 8.82. The van der Waals surface area contributed by atoms with Crippen molar-refractivity contribution in [1.82, 2.24) is 4.90 Å². The van der Waals surface area contributed by atoms with Crippen molar-refractivity contribution >= 4 is 5.69 Å². The number of anilines is 1. The van der Waals surface area contributed by atoms with Crippen LogP contribution in [0.25, 0.3) is 0 Å². The number of benzene rings is 1. The molecule has 2 unspecified atom stereocenters. The van der Waals surface area contributed by atoms with Crippen LogP contribution < -0.4 is 10.1 Å². The highest BCUT2D eigenvalue weighted by Crippen LogP contribution is 2.43. The monoisotopic (exact) mass is 324 g/mol. The fourth-order valence-corrected chi connectivity index (χ4v) is 3.83. The van der Waals surface area contributed by atoms with E-state index in [1.807, 2.05) is 0 Å². The lowest BCUT2D eigenvalue weighted by atomic mass is 9.91. The van der Waals surface area contributed by atoms with Crippen molar-refractivity contribution < 1.29 is 9.84 Å². The number of likely N-dealkylation sites (N-methyl/N-ethyl adjacent to an activating group) is 1. The second-order valence-corrected chi connectivity index (χ2v) is 6.48. The minimum absolute atomic E-state index is 0.0466. The molecule has 0 saturated carbocycles. The Labute approximate surface area is 143 Å². The lowest BCUT2D eigenvalue weighted by Crippen LogP contribution is -2.42. The maximum absolute atomic E-state index is 10.3. The molecule has 4 rings (SSSR count). The Hall–Kier alpha value is -2.36. The summed E-state index contributed by atoms with van der Waals surface area (Å²) in [6, 6.07) is 1.90. The van der Waals surface area contributed by atoms with Crippen LogP contribution in [0.3, 0.4) is 0 Å². The van der Waals surface area contributed by atoms with Crippen molar-refractivity contribution in [2.75, 3.05) is 18.4 Å². The molecular formula is C20H24N2O2. The molecule has 0 radical (unpaired) electrons. The molecule has 2 N–H and O–H groups in total. The third-order valence-corrected chi connectivity index (χ3v) is 5.17. The lowest BCUT2D eigenvalue weighted by molar-refractivity contribution is 0.222. The molecule has 0 aromatic heterocycles. The van der Waals surface area contributed by atoms with E-state index in [9.17, 15) is 5.11 Å². The van der Waals surface area contributed by atoms with Crippen LogP contribution in [0.2, 0.25) is 0 Å². The number of ether oxygens (including phenoxy) is 1. The van der Waals surface area contributed by atoms with Gasteiger partial charge in [0.1, 0.15) is 17.6 Å². The summed E-state index contributed by atoms with van der Waals surface area (Å²) in [6.45, 7) is 6.29. The van der Waals surface area contributed by atoms with Gasteiger partial charge >= 0.3 is 0 Å². The number of rotatable bonds is 3. The first-order chi connectivity index (χ1) is 11.7. The second kappa shape index (κ2) is 5.93. The standard InChI is InChI=1S/C20H24N2O2/c1-3-22(4-2)13-9-10-16-18(11-13)24-19-12-17(23)14-7-5-6-8-15(14)20(19)21-16/h5-6,9-12,16,18,21,23H,3-4,7-8H2,1-2H3. The summed E-state index contributed by atoms with van der Waals surface area (Å²) < 4.78 is 6.25. The van der Waals surface area contributed by atoms with Gasteiger partial charge in [-0.3, -0.25) is 0 Å². The van der Waals surface area contributed by atoms with E-state index in [0.717, 1.165) is 48.5 Å². The van der Waals surface area contributed by atoms with E-state index in [0.29, 0.717) is 5.75 Å². The van der Waals surface area contributed by atoms with Gasteiger partial charge in [-0.1, -0.05) is 18.2 Å².